The summed E-state index contributed by atoms with van der Waals surface area (Å²) in [6.45, 7) is 1.64. The molecule has 0 aliphatic carbocycles. The molecule has 2 aromatic rings. The Labute approximate surface area is 144 Å². The average Bonchev–Trinajstić information content (AvgIpc) is 2.59. The number of pyridine rings is 1. The van der Waals surface area contributed by atoms with Crippen molar-refractivity contribution in [3.05, 3.63) is 63.1 Å². The van der Waals surface area contributed by atoms with E-state index in [-0.39, 0.29) is 17.7 Å². The summed E-state index contributed by atoms with van der Waals surface area (Å²) in [6, 6.07) is 7.71. The van der Waals surface area contributed by atoms with E-state index in [9.17, 15) is 19.5 Å². The largest absolute Gasteiger partial charge is 0.507 e. The Balaban J connectivity index is 2.52. The minimum absolute atomic E-state index is 0.0711. The van der Waals surface area contributed by atoms with Crippen LogP contribution in [0.2, 0.25) is 0 Å². The molecule has 0 spiro atoms. The number of methoxy groups -OCH3 is 2. The molecule has 0 fully saturated rings. The molecule has 0 saturated carbocycles. The molecule has 0 aliphatic heterocycles. The minimum Gasteiger partial charge on any atom is -0.507 e. The van der Waals surface area contributed by atoms with Crippen molar-refractivity contribution in [3.8, 4) is 5.75 Å². The fraction of sp³-hybridized carbons (Fsp3) is 0.278. The van der Waals surface area contributed by atoms with Crippen LogP contribution in [0.15, 0.2) is 35.1 Å². The Hall–Kier alpha value is -3.09. The van der Waals surface area contributed by atoms with E-state index < -0.39 is 23.4 Å². The zero-order chi connectivity index (χ0) is 18.6. The third kappa shape index (κ3) is 4.06. The second kappa shape index (κ2) is 7.65. The van der Waals surface area contributed by atoms with Crippen molar-refractivity contribution >= 4 is 11.9 Å². The van der Waals surface area contributed by atoms with Gasteiger partial charge in [-0.1, -0.05) is 12.1 Å². The number of H-pyrrole nitrogens is 1. The number of aromatic nitrogens is 1. The number of carbonyl (C=O) groups excluding carboxylic acids is 2. The van der Waals surface area contributed by atoms with Gasteiger partial charge in [0.1, 0.15) is 5.75 Å². The molecule has 2 rings (SSSR count). The fourth-order valence-electron chi connectivity index (χ4n) is 2.62. The molecule has 1 aromatic carbocycles. The summed E-state index contributed by atoms with van der Waals surface area (Å²) in [5.74, 6) is -1.94. The third-order valence-electron chi connectivity index (χ3n) is 3.87. The molecule has 25 heavy (non-hydrogen) atoms. The van der Waals surface area contributed by atoms with E-state index in [0.29, 0.717) is 16.8 Å². The number of aromatic amines is 1. The van der Waals surface area contributed by atoms with Gasteiger partial charge >= 0.3 is 11.9 Å². The van der Waals surface area contributed by atoms with E-state index in [1.54, 1.807) is 19.1 Å². The number of nitrogens with one attached hydrogen (secondary N) is 1. The monoisotopic (exact) mass is 345 g/mol. The molecule has 0 aliphatic rings. The standard InChI is InChI=1S/C18H19NO6/c1-10-8-14(20)16(17(22)19-10)13(9-15(21)24-2)11-4-6-12(7-5-11)18(23)25-3/h4-8,13H,9H2,1-3H3,(H2,19,20,22)/t13-/m0/s1. The highest BCUT2D eigenvalue weighted by Gasteiger charge is 2.25. The van der Waals surface area contributed by atoms with Gasteiger partial charge in [-0.2, -0.15) is 0 Å². The summed E-state index contributed by atoms with van der Waals surface area (Å²) in [7, 11) is 2.53. The predicted octanol–water partition coefficient (Wildman–Crippen LogP) is 1.87. The van der Waals surface area contributed by atoms with E-state index in [1.807, 2.05) is 0 Å². The number of aromatic hydroxyl groups is 1. The zero-order valence-corrected chi connectivity index (χ0v) is 14.2. The lowest BCUT2D eigenvalue weighted by Crippen LogP contribution is -2.21. The third-order valence-corrected chi connectivity index (χ3v) is 3.87. The van der Waals surface area contributed by atoms with Gasteiger partial charge in [0, 0.05) is 11.6 Å². The van der Waals surface area contributed by atoms with Gasteiger partial charge in [-0.15, -0.1) is 0 Å². The molecule has 1 aromatic heterocycles. The van der Waals surface area contributed by atoms with Crippen molar-refractivity contribution < 1.29 is 24.2 Å². The minimum atomic E-state index is -0.719. The van der Waals surface area contributed by atoms with Gasteiger partial charge in [0.25, 0.3) is 5.56 Å². The summed E-state index contributed by atoms with van der Waals surface area (Å²) in [6.07, 6.45) is -0.131. The number of carbonyl (C=O) groups is 2. The number of hydrogen-bond donors (Lipinski definition) is 2. The molecule has 0 bridgehead atoms. The quantitative estimate of drug-likeness (QED) is 0.802. The van der Waals surface area contributed by atoms with Crippen LogP contribution in [-0.4, -0.2) is 36.2 Å². The van der Waals surface area contributed by atoms with Crippen LogP contribution in [0.25, 0.3) is 0 Å². The summed E-state index contributed by atoms with van der Waals surface area (Å²) in [5.41, 5.74) is 1.02. The first-order chi connectivity index (χ1) is 11.9. The van der Waals surface area contributed by atoms with E-state index in [2.05, 4.69) is 9.72 Å². The number of esters is 2. The van der Waals surface area contributed by atoms with E-state index >= 15 is 0 Å². The SMILES string of the molecule is COC(=O)C[C@@H](c1ccc(C(=O)OC)cc1)c1c(O)cc(C)[nH]c1=O. The van der Waals surface area contributed by atoms with Crippen molar-refractivity contribution in [1.82, 2.24) is 4.98 Å². The van der Waals surface area contributed by atoms with Crippen molar-refractivity contribution in [2.75, 3.05) is 14.2 Å². The summed E-state index contributed by atoms with van der Waals surface area (Å²) < 4.78 is 9.35. The summed E-state index contributed by atoms with van der Waals surface area (Å²) >= 11 is 0. The molecule has 132 valence electrons. The van der Waals surface area contributed by atoms with E-state index in [0.717, 1.165) is 0 Å². The normalized spacial score (nSPS) is 11.6. The fourth-order valence-corrected chi connectivity index (χ4v) is 2.62. The molecular formula is C18H19NO6. The van der Waals surface area contributed by atoms with Crippen LogP contribution in [0.4, 0.5) is 0 Å². The highest BCUT2D eigenvalue weighted by molar-refractivity contribution is 5.89. The van der Waals surface area contributed by atoms with Crippen LogP contribution in [0, 0.1) is 6.92 Å². The van der Waals surface area contributed by atoms with Gasteiger partial charge in [-0.25, -0.2) is 4.79 Å². The lowest BCUT2D eigenvalue weighted by Gasteiger charge is -2.18. The maximum Gasteiger partial charge on any atom is 0.337 e. The van der Waals surface area contributed by atoms with Crippen molar-refractivity contribution in [2.24, 2.45) is 0 Å². The van der Waals surface area contributed by atoms with Gasteiger partial charge in [0.15, 0.2) is 0 Å². The first-order valence-electron chi connectivity index (χ1n) is 7.55. The van der Waals surface area contributed by atoms with E-state index in [4.69, 9.17) is 4.74 Å². The second-order valence-corrected chi connectivity index (χ2v) is 5.53. The van der Waals surface area contributed by atoms with Crippen LogP contribution in [0.5, 0.6) is 5.75 Å². The molecular weight excluding hydrogens is 326 g/mol. The Morgan fingerprint density at radius 3 is 2.32 bits per heavy atom. The van der Waals surface area contributed by atoms with Gasteiger partial charge in [0.05, 0.1) is 31.8 Å². The molecule has 0 saturated heterocycles. The summed E-state index contributed by atoms with van der Waals surface area (Å²) in [4.78, 5) is 38.3. The van der Waals surface area contributed by atoms with Crippen LogP contribution in [0.1, 0.15) is 39.5 Å². The molecule has 1 atom stereocenters. The first-order valence-corrected chi connectivity index (χ1v) is 7.55. The molecule has 7 nitrogen and oxygen atoms in total. The molecule has 2 N–H and O–H groups in total. The maximum absolute atomic E-state index is 12.3. The van der Waals surface area contributed by atoms with Gasteiger partial charge in [-0.3, -0.25) is 9.59 Å². The van der Waals surface area contributed by atoms with Crippen LogP contribution < -0.4 is 5.56 Å². The number of ether oxygens (including phenoxy) is 2. The van der Waals surface area contributed by atoms with Crippen molar-refractivity contribution in [3.63, 3.8) is 0 Å². The highest BCUT2D eigenvalue weighted by atomic mass is 16.5. The number of hydrogen-bond acceptors (Lipinski definition) is 6. The molecule has 7 heteroatoms. The Morgan fingerprint density at radius 2 is 1.80 bits per heavy atom. The predicted molar refractivity (Wildman–Crippen MR) is 89.7 cm³/mol. The lowest BCUT2D eigenvalue weighted by molar-refractivity contribution is -0.140. The van der Waals surface area contributed by atoms with Crippen LogP contribution in [0.3, 0.4) is 0 Å². The Kier molecular flexibility index (Phi) is 5.59. The van der Waals surface area contributed by atoms with Crippen molar-refractivity contribution in [2.45, 2.75) is 19.3 Å². The van der Waals surface area contributed by atoms with Gasteiger partial charge < -0.3 is 19.6 Å². The molecule has 1 heterocycles. The number of benzene rings is 1. The zero-order valence-electron chi connectivity index (χ0n) is 14.2. The maximum atomic E-state index is 12.3. The molecule has 0 radical (unpaired) electrons. The second-order valence-electron chi connectivity index (χ2n) is 5.53. The van der Waals surface area contributed by atoms with Gasteiger partial charge in [0.2, 0.25) is 0 Å². The topological polar surface area (TPSA) is 106 Å². The summed E-state index contributed by atoms with van der Waals surface area (Å²) in [5, 5.41) is 10.2. The molecule has 0 amide bonds. The lowest BCUT2D eigenvalue weighted by atomic mass is 9.88. The van der Waals surface area contributed by atoms with Crippen LogP contribution >= 0.6 is 0 Å². The van der Waals surface area contributed by atoms with Gasteiger partial charge in [-0.05, 0) is 30.7 Å². The number of aryl methyl sites for hydroxylation is 1. The van der Waals surface area contributed by atoms with Crippen LogP contribution in [-0.2, 0) is 14.3 Å². The molecule has 0 unspecified atom stereocenters. The Morgan fingerprint density at radius 1 is 1.16 bits per heavy atom. The first kappa shape index (κ1) is 18.3. The number of rotatable bonds is 5. The smallest absolute Gasteiger partial charge is 0.337 e. The Bertz CT molecular complexity index is 838. The highest BCUT2D eigenvalue weighted by Crippen LogP contribution is 2.32. The van der Waals surface area contributed by atoms with E-state index in [1.165, 1.54) is 32.4 Å². The van der Waals surface area contributed by atoms with Crippen molar-refractivity contribution in [1.29, 1.82) is 0 Å². The average molecular weight is 345 g/mol.